The highest BCUT2D eigenvalue weighted by atomic mass is 35.5. The molecule has 0 aliphatic carbocycles. The number of allylic oxidation sites excluding steroid dienone is 2. The molecule has 0 spiro atoms. The fourth-order valence-corrected chi connectivity index (χ4v) is 0. The molecule has 0 saturated carbocycles. The van der Waals surface area contributed by atoms with Gasteiger partial charge in [0.2, 0.25) is 0 Å². The zero-order chi connectivity index (χ0) is 8.62. The third-order valence-corrected chi connectivity index (χ3v) is 1.28. The number of halogens is 1. The Bertz CT molecular complexity index is 83.0. The zero-order valence-electron chi connectivity index (χ0n) is 9.19. The Hall–Kier alpha value is -0.0500. The van der Waals surface area contributed by atoms with Crippen LogP contribution in [0.1, 0.15) is 20.8 Å². The van der Waals surface area contributed by atoms with Crippen molar-refractivity contribution >= 4 is 0 Å². The smallest absolute Gasteiger partial charge is 0.0751 e. The van der Waals surface area contributed by atoms with Crippen LogP contribution in [0.4, 0.5) is 0 Å². The Kier molecular flexibility index (Phi) is 25.6. The van der Waals surface area contributed by atoms with E-state index in [-0.39, 0.29) is 17.9 Å². The molecule has 78 valence electrons. The monoisotopic (exact) mass is 197 g/mol. The van der Waals surface area contributed by atoms with E-state index in [1.54, 1.807) is 0 Å². The second-order valence-corrected chi connectivity index (χ2v) is 3.27. The second kappa shape index (κ2) is 13.5. The third kappa shape index (κ3) is 51.1. The topological polar surface area (TPSA) is 31.5 Å². The van der Waals surface area contributed by atoms with Crippen LogP contribution in [-0.2, 0) is 0 Å². The molecule has 0 saturated heterocycles. The van der Waals surface area contributed by atoms with E-state index in [0.717, 1.165) is 4.48 Å². The van der Waals surface area contributed by atoms with Crippen LogP contribution in [0.25, 0.3) is 0 Å². The Balaban J connectivity index is -0.0000000483. The molecule has 0 unspecified atom stereocenters. The highest BCUT2D eigenvalue weighted by Gasteiger charge is 1.97. The van der Waals surface area contributed by atoms with Gasteiger partial charge in [-0.25, -0.2) is 0 Å². The standard InChI is InChI=1S/C5H14N.C4H8.ClH.H2O/c1-5-6(2,3)4;1-3-4-2;;/h5H2,1-4H3;3-4H,1-2H3;1H;1H2/q+1;;;/p-1. The molecule has 0 aliphatic heterocycles. The SMILES string of the molecule is CC=CC.CC[N+](C)(C)C.O.[Cl-]. The molecule has 2 N–H and O–H groups in total. The molecule has 3 heteroatoms. The minimum absolute atomic E-state index is 0. The molecule has 0 heterocycles. The van der Waals surface area contributed by atoms with Gasteiger partial charge in [0.05, 0.1) is 27.7 Å². The average molecular weight is 198 g/mol. The molecule has 0 aromatic rings. The molecule has 0 aliphatic rings. The molecule has 12 heavy (non-hydrogen) atoms. The summed E-state index contributed by atoms with van der Waals surface area (Å²) in [6.07, 6.45) is 4.00. The minimum atomic E-state index is 0. The van der Waals surface area contributed by atoms with Crippen LogP contribution in [0.5, 0.6) is 0 Å². The van der Waals surface area contributed by atoms with E-state index >= 15 is 0 Å². The van der Waals surface area contributed by atoms with Crippen molar-refractivity contribution in [2.75, 3.05) is 27.7 Å². The lowest BCUT2D eigenvalue weighted by molar-refractivity contribution is -0.868. The molecule has 0 aromatic carbocycles. The van der Waals surface area contributed by atoms with Gasteiger partial charge in [-0.2, -0.15) is 0 Å². The summed E-state index contributed by atoms with van der Waals surface area (Å²) in [5.41, 5.74) is 0. The van der Waals surface area contributed by atoms with Gasteiger partial charge < -0.3 is 22.4 Å². The van der Waals surface area contributed by atoms with E-state index in [0.29, 0.717) is 0 Å². The summed E-state index contributed by atoms with van der Waals surface area (Å²) in [7, 11) is 6.54. The van der Waals surface area contributed by atoms with Gasteiger partial charge in [-0.1, -0.05) is 12.2 Å². The first-order valence-electron chi connectivity index (χ1n) is 3.85. The number of rotatable bonds is 1. The molecule has 0 rings (SSSR count). The molecule has 0 aromatic heterocycles. The first-order valence-corrected chi connectivity index (χ1v) is 3.85. The maximum Gasteiger partial charge on any atom is 0.0751 e. The van der Waals surface area contributed by atoms with Crippen molar-refractivity contribution in [1.82, 2.24) is 0 Å². The van der Waals surface area contributed by atoms with Gasteiger partial charge in [0.25, 0.3) is 0 Å². The summed E-state index contributed by atoms with van der Waals surface area (Å²) in [6.45, 7) is 7.39. The molecule has 2 nitrogen and oxygen atoms in total. The van der Waals surface area contributed by atoms with Crippen LogP contribution in [0, 0.1) is 0 Å². The summed E-state index contributed by atoms with van der Waals surface area (Å²) < 4.78 is 1.07. The first-order chi connectivity index (χ1) is 4.47. The predicted octanol–water partition coefficient (Wildman–Crippen LogP) is -1.53. The van der Waals surface area contributed by atoms with Crippen molar-refractivity contribution < 1.29 is 22.4 Å². The predicted molar refractivity (Wildman–Crippen MR) is 52.7 cm³/mol. The Morgan fingerprint density at radius 1 is 1.00 bits per heavy atom. The van der Waals surface area contributed by atoms with Gasteiger partial charge >= 0.3 is 0 Å². The highest BCUT2D eigenvalue weighted by molar-refractivity contribution is 4.68. The van der Waals surface area contributed by atoms with Crippen molar-refractivity contribution in [3.63, 3.8) is 0 Å². The summed E-state index contributed by atoms with van der Waals surface area (Å²) in [5, 5.41) is 0. The summed E-state index contributed by atoms with van der Waals surface area (Å²) in [4.78, 5) is 0. The van der Waals surface area contributed by atoms with E-state index in [2.05, 4.69) is 28.1 Å². The number of quaternary nitrogens is 1. The summed E-state index contributed by atoms with van der Waals surface area (Å²) in [5.74, 6) is 0. The number of nitrogens with zero attached hydrogens (tertiary/aromatic N) is 1. The van der Waals surface area contributed by atoms with Crippen LogP contribution in [0.3, 0.4) is 0 Å². The summed E-state index contributed by atoms with van der Waals surface area (Å²) >= 11 is 0. The van der Waals surface area contributed by atoms with Crippen molar-refractivity contribution in [2.45, 2.75) is 20.8 Å². The summed E-state index contributed by atoms with van der Waals surface area (Å²) in [6, 6.07) is 0. The fourth-order valence-electron chi connectivity index (χ4n) is 0. The maximum atomic E-state index is 2.18. The molecule has 0 atom stereocenters. The lowest BCUT2D eigenvalue weighted by atomic mass is 10.6. The molecule has 0 bridgehead atoms. The second-order valence-electron chi connectivity index (χ2n) is 3.27. The number of hydrogen-bond donors (Lipinski definition) is 0. The average Bonchev–Trinajstić information content (AvgIpc) is 1.87. The minimum Gasteiger partial charge on any atom is -1.00 e. The molecular formula is C9H24ClNO. The molecule has 0 amide bonds. The van der Waals surface area contributed by atoms with Gasteiger partial charge in [0, 0.05) is 0 Å². The van der Waals surface area contributed by atoms with Crippen molar-refractivity contribution in [3.8, 4) is 0 Å². The fraction of sp³-hybridized carbons (Fsp3) is 0.778. The van der Waals surface area contributed by atoms with E-state index in [1.165, 1.54) is 6.54 Å². The van der Waals surface area contributed by atoms with Crippen molar-refractivity contribution in [3.05, 3.63) is 12.2 Å². The van der Waals surface area contributed by atoms with Gasteiger partial charge in [0.15, 0.2) is 0 Å². The Morgan fingerprint density at radius 2 is 1.17 bits per heavy atom. The zero-order valence-corrected chi connectivity index (χ0v) is 9.94. The lowest BCUT2D eigenvalue weighted by Crippen LogP contribution is -3.00. The Labute approximate surface area is 83.6 Å². The van der Waals surface area contributed by atoms with Gasteiger partial charge in [0.1, 0.15) is 0 Å². The van der Waals surface area contributed by atoms with E-state index in [1.807, 2.05) is 26.0 Å². The van der Waals surface area contributed by atoms with Crippen LogP contribution < -0.4 is 12.4 Å². The number of hydrogen-bond acceptors (Lipinski definition) is 0. The largest absolute Gasteiger partial charge is 1.00 e. The molecule has 0 fully saturated rings. The van der Waals surface area contributed by atoms with Gasteiger partial charge in [-0.3, -0.25) is 0 Å². The van der Waals surface area contributed by atoms with Gasteiger partial charge in [-0.05, 0) is 20.8 Å². The Morgan fingerprint density at radius 3 is 1.17 bits per heavy atom. The lowest BCUT2D eigenvalue weighted by Gasteiger charge is -2.20. The van der Waals surface area contributed by atoms with Crippen LogP contribution in [0.2, 0.25) is 0 Å². The van der Waals surface area contributed by atoms with E-state index < -0.39 is 0 Å². The van der Waals surface area contributed by atoms with Crippen LogP contribution in [-0.4, -0.2) is 37.6 Å². The highest BCUT2D eigenvalue weighted by Crippen LogP contribution is 1.83. The van der Waals surface area contributed by atoms with E-state index in [9.17, 15) is 0 Å². The molecular weight excluding hydrogens is 174 g/mol. The molecule has 0 radical (unpaired) electrons. The van der Waals surface area contributed by atoms with Crippen LogP contribution in [0.15, 0.2) is 12.2 Å². The normalized spacial score (nSPS) is 9.17. The third-order valence-electron chi connectivity index (χ3n) is 1.28. The van der Waals surface area contributed by atoms with Gasteiger partial charge in [-0.15, -0.1) is 0 Å². The quantitative estimate of drug-likeness (QED) is 0.361. The van der Waals surface area contributed by atoms with Crippen LogP contribution >= 0.6 is 0 Å². The van der Waals surface area contributed by atoms with Crippen molar-refractivity contribution in [2.24, 2.45) is 0 Å². The maximum absolute atomic E-state index is 2.18. The van der Waals surface area contributed by atoms with E-state index in [4.69, 9.17) is 0 Å². The van der Waals surface area contributed by atoms with Crippen molar-refractivity contribution in [1.29, 1.82) is 0 Å². The first kappa shape index (κ1) is 22.7.